The van der Waals surface area contributed by atoms with E-state index in [2.05, 4.69) is 36.1 Å². The number of amides is 1. The SMILES string of the molecule is CC(C)COc1cccc2nccc(Nc3ccc(C(=O)N4CCN(C)CC4)cc3)c12. The fourth-order valence-electron chi connectivity index (χ4n) is 3.70. The van der Waals surface area contributed by atoms with Crippen molar-refractivity contribution in [2.45, 2.75) is 13.8 Å². The molecule has 0 saturated carbocycles. The fourth-order valence-corrected chi connectivity index (χ4v) is 3.70. The number of ether oxygens (including phenoxy) is 1. The van der Waals surface area contributed by atoms with E-state index in [1.54, 1.807) is 6.20 Å². The summed E-state index contributed by atoms with van der Waals surface area (Å²) in [6.45, 7) is 8.30. The quantitative estimate of drug-likeness (QED) is 0.643. The Balaban J connectivity index is 1.53. The Labute approximate surface area is 183 Å². The van der Waals surface area contributed by atoms with Gasteiger partial charge in [-0.2, -0.15) is 0 Å². The van der Waals surface area contributed by atoms with Crippen LogP contribution in [0.15, 0.2) is 54.7 Å². The van der Waals surface area contributed by atoms with E-state index in [1.165, 1.54) is 0 Å². The molecule has 3 aromatic rings. The first-order valence-electron chi connectivity index (χ1n) is 10.9. The van der Waals surface area contributed by atoms with Crippen LogP contribution in [0, 0.1) is 5.92 Å². The summed E-state index contributed by atoms with van der Waals surface area (Å²) in [5, 5.41) is 4.44. The number of pyridine rings is 1. The van der Waals surface area contributed by atoms with Crippen LogP contribution < -0.4 is 10.1 Å². The molecule has 0 bridgehead atoms. The molecule has 0 unspecified atom stereocenters. The molecule has 0 radical (unpaired) electrons. The maximum Gasteiger partial charge on any atom is 0.253 e. The number of nitrogens with zero attached hydrogens (tertiary/aromatic N) is 3. The van der Waals surface area contributed by atoms with Gasteiger partial charge in [0, 0.05) is 43.6 Å². The maximum atomic E-state index is 12.8. The second-order valence-corrected chi connectivity index (χ2v) is 8.51. The van der Waals surface area contributed by atoms with E-state index < -0.39 is 0 Å². The molecule has 31 heavy (non-hydrogen) atoms. The van der Waals surface area contributed by atoms with Gasteiger partial charge in [-0.1, -0.05) is 19.9 Å². The van der Waals surface area contributed by atoms with Gasteiger partial charge in [-0.05, 0) is 55.4 Å². The monoisotopic (exact) mass is 418 g/mol. The Morgan fingerprint density at radius 2 is 1.81 bits per heavy atom. The van der Waals surface area contributed by atoms with Gasteiger partial charge in [-0.15, -0.1) is 0 Å². The molecule has 1 fully saturated rings. The molecule has 0 spiro atoms. The van der Waals surface area contributed by atoms with Crippen molar-refractivity contribution >= 4 is 28.2 Å². The molecule has 1 aromatic heterocycles. The molecule has 6 nitrogen and oxygen atoms in total. The molecule has 1 amide bonds. The number of hydrogen-bond donors (Lipinski definition) is 1. The van der Waals surface area contributed by atoms with Crippen molar-refractivity contribution in [1.29, 1.82) is 0 Å². The Hall–Kier alpha value is -3.12. The minimum absolute atomic E-state index is 0.0957. The van der Waals surface area contributed by atoms with Crippen molar-refractivity contribution in [1.82, 2.24) is 14.8 Å². The third-order valence-corrected chi connectivity index (χ3v) is 5.50. The molecule has 0 atom stereocenters. The lowest BCUT2D eigenvalue weighted by Crippen LogP contribution is -2.47. The number of piperazine rings is 1. The van der Waals surface area contributed by atoms with Gasteiger partial charge >= 0.3 is 0 Å². The van der Waals surface area contributed by atoms with Crippen molar-refractivity contribution in [3.63, 3.8) is 0 Å². The largest absolute Gasteiger partial charge is 0.493 e. The minimum Gasteiger partial charge on any atom is -0.493 e. The van der Waals surface area contributed by atoms with Gasteiger partial charge in [0.2, 0.25) is 0 Å². The number of aromatic nitrogens is 1. The van der Waals surface area contributed by atoms with Gasteiger partial charge in [-0.3, -0.25) is 9.78 Å². The molecule has 162 valence electrons. The summed E-state index contributed by atoms with van der Waals surface area (Å²) in [6, 6.07) is 15.6. The van der Waals surface area contributed by atoms with E-state index in [4.69, 9.17) is 4.74 Å². The van der Waals surface area contributed by atoms with Gasteiger partial charge in [0.15, 0.2) is 0 Å². The number of rotatable bonds is 6. The van der Waals surface area contributed by atoms with Crippen molar-refractivity contribution in [3.05, 3.63) is 60.3 Å². The Morgan fingerprint density at radius 1 is 1.06 bits per heavy atom. The van der Waals surface area contributed by atoms with Crippen LogP contribution in [0.4, 0.5) is 11.4 Å². The first-order chi connectivity index (χ1) is 15.0. The number of anilines is 2. The summed E-state index contributed by atoms with van der Waals surface area (Å²) in [5.41, 5.74) is 3.45. The van der Waals surface area contributed by atoms with Crippen molar-refractivity contribution in [2.24, 2.45) is 5.92 Å². The highest BCUT2D eigenvalue weighted by molar-refractivity contribution is 5.98. The van der Waals surface area contributed by atoms with Crippen molar-refractivity contribution in [3.8, 4) is 5.75 Å². The number of nitrogens with one attached hydrogen (secondary N) is 1. The Kier molecular flexibility index (Phi) is 6.37. The molecule has 6 heteroatoms. The normalized spacial score (nSPS) is 14.8. The number of hydrogen-bond acceptors (Lipinski definition) is 5. The molecule has 0 aliphatic carbocycles. The van der Waals surface area contributed by atoms with Gasteiger partial charge in [0.25, 0.3) is 5.91 Å². The number of likely N-dealkylation sites (N-methyl/N-ethyl adjacent to an activating group) is 1. The molecule has 1 aliphatic rings. The van der Waals surface area contributed by atoms with E-state index in [0.29, 0.717) is 12.5 Å². The molecule has 1 N–H and O–H groups in total. The summed E-state index contributed by atoms with van der Waals surface area (Å²) < 4.78 is 6.05. The van der Waals surface area contributed by atoms with Crippen LogP contribution in [0.2, 0.25) is 0 Å². The standard InChI is InChI=1S/C25H30N4O2/c1-18(2)17-31-23-6-4-5-21-24(23)22(11-12-26-21)27-20-9-7-19(8-10-20)25(30)29-15-13-28(3)14-16-29/h4-12,18H,13-17H2,1-3H3,(H,26,27). The van der Waals surface area contributed by atoms with E-state index in [1.807, 2.05) is 53.4 Å². The fraction of sp³-hybridized carbons (Fsp3) is 0.360. The number of carbonyl (C=O) groups is 1. The van der Waals surface area contributed by atoms with Crippen LogP contribution in [0.3, 0.4) is 0 Å². The minimum atomic E-state index is 0.0957. The van der Waals surface area contributed by atoms with Gasteiger partial charge < -0.3 is 19.9 Å². The van der Waals surface area contributed by atoms with E-state index >= 15 is 0 Å². The highest BCUT2D eigenvalue weighted by Gasteiger charge is 2.20. The average molecular weight is 419 g/mol. The smallest absolute Gasteiger partial charge is 0.253 e. The number of fused-ring (bicyclic) bond motifs is 1. The lowest BCUT2D eigenvalue weighted by Gasteiger charge is -2.32. The average Bonchev–Trinajstić information content (AvgIpc) is 2.78. The molecule has 1 saturated heterocycles. The number of benzene rings is 2. The third-order valence-electron chi connectivity index (χ3n) is 5.50. The zero-order chi connectivity index (χ0) is 21.8. The van der Waals surface area contributed by atoms with Crippen LogP contribution in [-0.4, -0.2) is 60.5 Å². The summed E-state index contributed by atoms with van der Waals surface area (Å²) in [6.07, 6.45) is 1.79. The summed E-state index contributed by atoms with van der Waals surface area (Å²) in [7, 11) is 2.09. The highest BCUT2D eigenvalue weighted by atomic mass is 16.5. The van der Waals surface area contributed by atoms with Crippen LogP contribution in [0.5, 0.6) is 5.75 Å². The van der Waals surface area contributed by atoms with Crippen LogP contribution in [-0.2, 0) is 0 Å². The van der Waals surface area contributed by atoms with Crippen molar-refractivity contribution < 1.29 is 9.53 Å². The first kappa shape index (κ1) is 21.1. The summed E-state index contributed by atoms with van der Waals surface area (Å²) in [4.78, 5) is 21.4. The van der Waals surface area contributed by atoms with Crippen molar-refractivity contribution in [2.75, 3.05) is 45.2 Å². The molecular weight excluding hydrogens is 388 g/mol. The molecule has 2 aromatic carbocycles. The Morgan fingerprint density at radius 3 is 2.52 bits per heavy atom. The topological polar surface area (TPSA) is 57.7 Å². The second-order valence-electron chi connectivity index (χ2n) is 8.51. The van der Waals surface area contributed by atoms with Crippen LogP contribution in [0.25, 0.3) is 10.9 Å². The van der Waals surface area contributed by atoms with Gasteiger partial charge in [0.1, 0.15) is 5.75 Å². The van der Waals surface area contributed by atoms with E-state index in [0.717, 1.165) is 59.8 Å². The molecule has 2 heterocycles. The van der Waals surface area contributed by atoms with Gasteiger partial charge in [-0.25, -0.2) is 0 Å². The zero-order valence-electron chi connectivity index (χ0n) is 18.5. The second kappa shape index (κ2) is 9.35. The highest BCUT2D eigenvalue weighted by Crippen LogP contribution is 2.33. The number of carbonyl (C=O) groups excluding carboxylic acids is 1. The molecule has 4 rings (SSSR count). The van der Waals surface area contributed by atoms with Gasteiger partial charge in [0.05, 0.1) is 23.2 Å². The van der Waals surface area contributed by atoms with Crippen LogP contribution in [0.1, 0.15) is 24.2 Å². The lowest BCUT2D eigenvalue weighted by atomic mass is 10.1. The summed E-state index contributed by atoms with van der Waals surface area (Å²) in [5.74, 6) is 1.36. The summed E-state index contributed by atoms with van der Waals surface area (Å²) >= 11 is 0. The molecular formula is C25H30N4O2. The Bertz CT molecular complexity index is 1040. The first-order valence-corrected chi connectivity index (χ1v) is 10.9. The predicted molar refractivity (Wildman–Crippen MR) is 125 cm³/mol. The molecule has 1 aliphatic heterocycles. The maximum absolute atomic E-state index is 12.8. The van der Waals surface area contributed by atoms with E-state index in [9.17, 15) is 4.79 Å². The van der Waals surface area contributed by atoms with Crippen LogP contribution >= 0.6 is 0 Å². The predicted octanol–water partition coefficient (Wildman–Crippen LogP) is 4.40. The lowest BCUT2D eigenvalue weighted by molar-refractivity contribution is 0.0664. The zero-order valence-corrected chi connectivity index (χ0v) is 18.5. The van der Waals surface area contributed by atoms with E-state index in [-0.39, 0.29) is 5.91 Å². The third kappa shape index (κ3) is 4.97.